The fourth-order valence-corrected chi connectivity index (χ4v) is 2.62. The Labute approximate surface area is 142 Å². The number of halogens is 2. The van der Waals surface area contributed by atoms with E-state index in [0.29, 0.717) is 11.1 Å². The molecule has 3 aromatic rings. The fraction of sp³-hybridized carbons (Fsp3) is 0.167. The summed E-state index contributed by atoms with van der Waals surface area (Å²) in [6.07, 6.45) is -1.05. The molecule has 0 fully saturated rings. The Bertz CT molecular complexity index is 906. The highest BCUT2D eigenvalue weighted by atomic mass is 35.5. The molecule has 1 atom stereocenters. The van der Waals surface area contributed by atoms with Crippen LogP contribution < -0.4 is 5.32 Å². The zero-order valence-electron chi connectivity index (χ0n) is 12.8. The maximum Gasteiger partial charge on any atom is 0.287 e. The lowest BCUT2D eigenvalue weighted by atomic mass is 10.1. The van der Waals surface area contributed by atoms with Crippen LogP contribution in [0.15, 0.2) is 46.9 Å². The molecule has 1 amide bonds. The maximum absolute atomic E-state index is 13.4. The molecule has 124 valence electrons. The van der Waals surface area contributed by atoms with Crippen LogP contribution in [0.2, 0.25) is 5.02 Å². The van der Waals surface area contributed by atoms with E-state index in [-0.39, 0.29) is 17.3 Å². The lowest BCUT2D eigenvalue weighted by molar-refractivity contribution is 0.0890. The van der Waals surface area contributed by atoms with Crippen LogP contribution in [0, 0.1) is 12.7 Å². The third-order valence-electron chi connectivity index (χ3n) is 3.83. The molecule has 24 heavy (non-hydrogen) atoms. The largest absolute Gasteiger partial charge is 0.451 e. The van der Waals surface area contributed by atoms with Crippen molar-refractivity contribution < 1.29 is 18.7 Å². The lowest BCUT2D eigenvalue weighted by Gasteiger charge is -2.12. The van der Waals surface area contributed by atoms with Gasteiger partial charge in [-0.25, -0.2) is 4.39 Å². The highest BCUT2D eigenvalue weighted by Crippen LogP contribution is 2.25. The van der Waals surface area contributed by atoms with Gasteiger partial charge >= 0.3 is 0 Å². The van der Waals surface area contributed by atoms with Gasteiger partial charge in [-0.15, -0.1) is 0 Å². The van der Waals surface area contributed by atoms with E-state index in [4.69, 9.17) is 16.0 Å². The fourth-order valence-electron chi connectivity index (χ4n) is 2.50. The van der Waals surface area contributed by atoms with Crippen LogP contribution in [0.4, 0.5) is 4.39 Å². The average molecular weight is 348 g/mol. The number of hydrogen-bond donors (Lipinski definition) is 2. The predicted molar refractivity (Wildman–Crippen MR) is 89.7 cm³/mol. The van der Waals surface area contributed by atoms with E-state index in [0.717, 1.165) is 17.0 Å². The van der Waals surface area contributed by atoms with Crippen LogP contribution in [0.25, 0.3) is 11.0 Å². The number of fused-ring (bicyclic) bond motifs is 1. The van der Waals surface area contributed by atoms with Gasteiger partial charge in [-0.05, 0) is 30.7 Å². The Balaban J connectivity index is 1.72. The van der Waals surface area contributed by atoms with Crippen molar-refractivity contribution in [2.75, 3.05) is 6.54 Å². The molecule has 2 N–H and O–H groups in total. The number of aryl methyl sites for hydroxylation is 1. The summed E-state index contributed by atoms with van der Waals surface area (Å²) in [6, 6.07) is 11.4. The SMILES string of the molecule is Cc1c(C(=O)NCC(O)c2ccc(Cl)c(F)c2)oc2ccccc12. The van der Waals surface area contributed by atoms with Crippen LogP contribution in [0.5, 0.6) is 0 Å². The summed E-state index contributed by atoms with van der Waals surface area (Å²) in [5, 5.41) is 13.5. The van der Waals surface area contributed by atoms with Crippen LogP contribution >= 0.6 is 11.6 Å². The number of rotatable bonds is 4. The highest BCUT2D eigenvalue weighted by Gasteiger charge is 2.18. The molecule has 0 bridgehead atoms. The first kappa shape index (κ1) is 16.5. The monoisotopic (exact) mass is 347 g/mol. The Morgan fingerprint density at radius 1 is 1.33 bits per heavy atom. The number of amides is 1. The van der Waals surface area contributed by atoms with Gasteiger partial charge in [0.25, 0.3) is 5.91 Å². The smallest absolute Gasteiger partial charge is 0.287 e. The van der Waals surface area contributed by atoms with Crippen molar-refractivity contribution >= 4 is 28.5 Å². The second-order valence-corrected chi connectivity index (χ2v) is 5.86. The second kappa shape index (κ2) is 6.63. The topological polar surface area (TPSA) is 62.5 Å². The Kier molecular flexibility index (Phi) is 4.55. The molecule has 2 aromatic carbocycles. The summed E-state index contributed by atoms with van der Waals surface area (Å²) in [5.41, 5.74) is 1.69. The molecule has 1 unspecified atom stereocenters. The zero-order valence-corrected chi connectivity index (χ0v) is 13.6. The number of nitrogens with one attached hydrogen (secondary N) is 1. The van der Waals surface area contributed by atoms with Crippen molar-refractivity contribution in [3.05, 3.63) is 70.2 Å². The minimum Gasteiger partial charge on any atom is -0.451 e. The molecule has 0 spiro atoms. The van der Waals surface area contributed by atoms with Gasteiger partial charge in [0.15, 0.2) is 5.76 Å². The molecule has 0 saturated heterocycles. The number of carbonyl (C=O) groups is 1. The first-order chi connectivity index (χ1) is 11.5. The number of furan rings is 1. The van der Waals surface area contributed by atoms with E-state index in [9.17, 15) is 14.3 Å². The van der Waals surface area contributed by atoms with Crippen molar-refractivity contribution in [2.45, 2.75) is 13.0 Å². The molecule has 0 radical (unpaired) electrons. The quantitative estimate of drug-likeness (QED) is 0.750. The van der Waals surface area contributed by atoms with Crippen LogP contribution in [0.3, 0.4) is 0 Å². The van der Waals surface area contributed by atoms with Gasteiger partial charge in [0.05, 0.1) is 11.1 Å². The standard InChI is InChI=1S/C18H15ClFNO3/c1-10-12-4-2-3-5-16(12)24-17(10)18(23)21-9-15(22)11-6-7-13(19)14(20)8-11/h2-8,15,22H,9H2,1H3,(H,21,23). The zero-order chi connectivity index (χ0) is 17.3. The molecule has 1 heterocycles. The molecule has 3 rings (SSSR count). The van der Waals surface area contributed by atoms with E-state index < -0.39 is 17.8 Å². The minimum absolute atomic E-state index is 0.0205. The number of hydrogen-bond acceptors (Lipinski definition) is 3. The predicted octanol–water partition coefficient (Wildman–Crippen LogP) is 4.00. The molecule has 6 heteroatoms. The Morgan fingerprint density at radius 2 is 2.08 bits per heavy atom. The molecule has 1 aromatic heterocycles. The second-order valence-electron chi connectivity index (χ2n) is 5.45. The third-order valence-corrected chi connectivity index (χ3v) is 4.14. The number of carbonyl (C=O) groups excluding carboxylic acids is 1. The van der Waals surface area contributed by atoms with Crippen molar-refractivity contribution in [3.63, 3.8) is 0 Å². The van der Waals surface area contributed by atoms with Gasteiger partial charge in [0.1, 0.15) is 11.4 Å². The molecule has 0 aliphatic rings. The molecular weight excluding hydrogens is 333 g/mol. The number of para-hydroxylation sites is 1. The van der Waals surface area contributed by atoms with E-state index in [2.05, 4.69) is 5.32 Å². The van der Waals surface area contributed by atoms with Crippen molar-refractivity contribution in [1.82, 2.24) is 5.32 Å². The summed E-state index contributed by atoms with van der Waals surface area (Å²) in [4.78, 5) is 12.3. The number of aliphatic hydroxyl groups is 1. The van der Waals surface area contributed by atoms with Gasteiger partial charge in [-0.3, -0.25) is 4.79 Å². The van der Waals surface area contributed by atoms with E-state index in [1.165, 1.54) is 12.1 Å². The van der Waals surface area contributed by atoms with Crippen LogP contribution in [0.1, 0.15) is 27.8 Å². The van der Waals surface area contributed by atoms with E-state index in [1.54, 1.807) is 13.0 Å². The molecule has 0 aliphatic heterocycles. The number of benzene rings is 2. The van der Waals surface area contributed by atoms with Crippen molar-refractivity contribution in [2.24, 2.45) is 0 Å². The molecular formula is C18H15ClFNO3. The number of aliphatic hydroxyl groups excluding tert-OH is 1. The van der Waals surface area contributed by atoms with Crippen molar-refractivity contribution in [1.29, 1.82) is 0 Å². The van der Waals surface area contributed by atoms with Crippen LogP contribution in [-0.4, -0.2) is 17.6 Å². The Morgan fingerprint density at radius 3 is 2.79 bits per heavy atom. The Hall–Kier alpha value is -2.37. The van der Waals surface area contributed by atoms with E-state index in [1.807, 2.05) is 18.2 Å². The molecule has 0 saturated carbocycles. The summed E-state index contributed by atoms with van der Waals surface area (Å²) in [5.74, 6) is -0.851. The normalized spacial score (nSPS) is 12.3. The molecule has 4 nitrogen and oxygen atoms in total. The van der Waals surface area contributed by atoms with Gasteiger partial charge in [-0.2, -0.15) is 0 Å². The highest BCUT2D eigenvalue weighted by molar-refractivity contribution is 6.30. The first-order valence-corrected chi connectivity index (χ1v) is 7.74. The van der Waals surface area contributed by atoms with Gasteiger partial charge in [0, 0.05) is 17.5 Å². The third kappa shape index (κ3) is 3.13. The molecule has 0 aliphatic carbocycles. The average Bonchev–Trinajstić information content (AvgIpc) is 2.92. The van der Waals surface area contributed by atoms with Gasteiger partial charge in [-0.1, -0.05) is 35.9 Å². The maximum atomic E-state index is 13.4. The summed E-state index contributed by atoms with van der Waals surface area (Å²) in [7, 11) is 0. The van der Waals surface area contributed by atoms with Gasteiger partial charge < -0.3 is 14.8 Å². The van der Waals surface area contributed by atoms with Crippen molar-refractivity contribution in [3.8, 4) is 0 Å². The van der Waals surface area contributed by atoms with Gasteiger partial charge in [0.2, 0.25) is 0 Å². The summed E-state index contributed by atoms with van der Waals surface area (Å²) >= 11 is 5.61. The first-order valence-electron chi connectivity index (χ1n) is 7.36. The summed E-state index contributed by atoms with van der Waals surface area (Å²) < 4.78 is 19.0. The summed E-state index contributed by atoms with van der Waals surface area (Å²) in [6.45, 7) is 1.72. The minimum atomic E-state index is -1.05. The van der Waals surface area contributed by atoms with E-state index >= 15 is 0 Å². The van der Waals surface area contributed by atoms with Crippen LogP contribution in [-0.2, 0) is 0 Å². The lowest BCUT2D eigenvalue weighted by Crippen LogP contribution is -2.28.